The summed E-state index contributed by atoms with van der Waals surface area (Å²) in [7, 11) is -3.39. The molecule has 0 radical (unpaired) electrons. The van der Waals surface area contributed by atoms with Crippen LogP contribution in [0.25, 0.3) is 10.9 Å². The summed E-state index contributed by atoms with van der Waals surface area (Å²) in [6.07, 6.45) is 1.70. The minimum Gasteiger partial charge on any atom is -0.256 e. The Hall–Kier alpha value is -2.24. The van der Waals surface area contributed by atoms with Gasteiger partial charge in [0.1, 0.15) is 0 Å². The first-order chi connectivity index (χ1) is 11.0. The lowest BCUT2D eigenvalue weighted by Gasteiger charge is -2.09. The summed E-state index contributed by atoms with van der Waals surface area (Å²) in [5.74, 6) is -0.0162. The monoisotopic (exact) mass is 326 g/mol. The largest absolute Gasteiger partial charge is 0.256 e. The fraction of sp³-hybridized carbons (Fsp3) is 0.167. The van der Waals surface area contributed by atoms with Gasteiger partial charge in [0.2, 0.25) is 10.0 Å². The number of para-hydroxylation sites is 1. The second kappa shape index (κ2) is 6.48. The van der Waals surface area contributed by atoms with Crippen molar-refractivity contribution in [3.63, 3.8) is 0 Å². The normalized spacial score (nSPS) is 11.7. The minimum atomic E-state index is -3.39. The molecule has 4 nitrogen and oxygen atoms in total. The maximum Gasteiger partial charge on any atom is 0.216 e. The fourth-order valence-corrected chi connectivity index (χ4v) is 3.67. The predicted molar refractivity (Wildman–Crippen MR) is 92.4 cm³/mol. The van der Waals surface area contributed by atoms with Crippen LogP contribution in [0, 0.1) is 6.92 Å². The molecule has 0 aliphatic rings. The lowest BCUT2D eigenvalue weighted by atomic mass is 10.1. The van der Waals surface area contributed by atoms with E-state index >= 15 is 0 Å². The SMILES string of the molecule is Cc1cccc(CS(=O)(=O)NCc2ccnc3ccccc23)c1. The van der Waals surface area contributed by atoms with E-state index in [1.165, 1.54) is 0 Å². The molecule has 0 atom stereocenters. The molecule has 3 aromatic rings. The smallest absolute Gasteiger partial charge is 0.216 e. The highest BCUT2D eigenvalue weighted by Crippen LogP contribution is 2.16. The maximum absolute atomic E-state index is 12.3. The summed E-state index contributed by atoms with van der Waals surface area (Å²) in [5.41, 5.74) is 3.63. The van der Waals surface area contributed by atoms with Crippen LogP contribution in [0.5, 0.6) is 0 Å². The highest BCUT2D eigenvalue weighted by molar-refractivity contribution is 7.88. The third kappa shape index (κ3) is 3.94. The summed E-state index contributed by atoms with van der Waals surface area (Å²) >= 11 is 0. The third-order valence-corrected chi connectivity index (χ3v) is 4.96. The van der Waals surface area contributed by atoms with E-state index in [0.29, 0.717) is 0 Å². The van der Waals surface area contributed by atoms with Gasteiger partial charge in [-0.05, 0) is 30.2 Å². The number of rotatable bonds is 5. The summed E-state index contributed by atoms with van der Waals surface area (Å²) in [6.45, 7) is 2.21. The van der Waals surface area contributed by atoms with Gasteiger partial charge in [-0.3, -0.25) is 4.98 Å². The number of pyridine rings is 1. The number of nitrogens with one attached hydrogen (secondary N) is 1. The molecule has 1 aromatic heterocycles. The Kier molecular flexibility index (Phi) is 4.41. The zero-order chi connectivity index (χ0) is 16.3. The molecular formula is C18H18N2O2S. The van der Waals surface area contributed by atoms with Gasteiger partial charge in [-0.25, -0.2) is 13.1 Å². The fourth-order valence-electron chi connectivity index (χ4n) is 2.57. The molecular weight excluding hydrogens is 308 g/mol. The van der Waals surface area contributed by atoms with Crippen molar-refractivity contribution in [1.29, 1.82) is 0 Å². The van der Waals surface area contributed by atoms with Gasteiger partial charge in [0.05, 0.1) is 11.3 Å². The lowest BCUT2D eigenvalue weighted by Crippen LogP contribution is -2.24. The number of hydrogen-bond donors (Lipinski definition) is 1. The number of nitrogens with zero attached hydrogens (tertiary/aromatic N) is 1. The van der Waals surface area contributed by atoms with E-state index in [9.17, 15) is 8.42 Å². The maximum atomic E-state index is 12.3. The Balaban J connectivity index is 1.76. The number of benzene rings is 2. The highest BCUT2D eigenvalue weighted by atomic mass is 32.2. The van der Waals surface area contributed by atoms with Crippen LogP contribution in [0.2, 0.25) is 0 Å². The molecule has 0 amide bonds. The highest BCUT2D eigenvalue weighted by Gasteiger charge is 2.12. The van der Waals surface area contributed by atoms with Gasteiger partial charge in [0.25, 0.3) is 0 Å². The number of aryl methyl sites for hydroxylation is 1. The molecule has 0 unspecified atom stereocenters. The molecule has 23 heavy (non-hydrogen) atoms. The van der Waals surface area contributed by atoms with E-state index in [1.807, 2.05) is 61.5 Å². The Morgan fingerprint density at radius 1 is 1.04 bits per heavy atom. The summed E-state index contributed by atoms with van der Waals surface area (Å²) in [5, 5.41) is 0.966. The van der Waals surface area contributed by atoms with Crippen molar-refractivity contribution >= 4 is 20.9 Å². The number of fused-ring (bicyclic) bond motifs is 1. The topological polar surface area (TPSA) is 59.1 Å². The zero-order valence-corrected chi connectivity index (χ0v) is 13.7. The Bertz CT molecular complexity index is 931. The molecule has 0 spiro atoms. The molecule has 1 N–H and O–H groups in total. The van der Waals surface area contributed by atoms with Crippen LogP contribution in [0.15, 0.2) is 60.8 Å². The number of aromatic nitrogens is 1. The molecule has 2 aromatic carbocycles. The molecule has 0 saturated heterocycles. The number of sulfonamides is 1. The second-order valence-electron chi connectivity index (χ2n) is 5.56. The molecule has 0 bridgehead atoms. The van der Waals surface area contributed by atoms with Crippen molar-refractivity contribution in [1.82, 2.24) is 9.71 Å². The van der Waals surface area contributed by atoms with Crippen LogP contribution < -0.4 is 4.72 Å². The summed E-state index contributed by atoms with van der Waals surface area (Å²) in [4.78, 5) is 4.29. The molecule has 5 heteroatoms. The third-order valence-electron chi connectivity index (χ3n) is 3.66. The molecule has 0 aliphatic carbocycles. The van der Waals surface area contributed by atoms with Gasteiger partial charge >= 0.3 is 0 Å². The van der Waals surface area contributed by atoms with Crippen molar-refractivity contribution in [2.24, 2.45) is 0 Å². The molecule has 118 valence electrons. The first-order valence-corrected chi connectivity index (χ1v) is 9.04. The minimum absolute atomic E-state index is 0.0162. The molecule has 0 saturated carbocycles. The zero-order valence-electron chi connectivity index (χ0n) is 12.9. The summed E-state index contributed by atoms with van der Waals surface area (Å²) < 4.78 is 27.3. The molecule has 0 fully saturated rings. The van der Waals surface area contributed by atoms with Crippen molar-refractivity contribution < 1.29 is 8.42 Å². The van der Waals surface area contributed by atoms with Gasteiger partial charge in [-0.2, -0.15) is 0 Å². The van der Waals surface area contributed by atoms with Gasteiger partial charge in [-0.1, -0.05) is 48.0 Å². The second-order valence-corrected chi connectivity index (χ2v) is 7.36. The van der Waals surface area contributed by atoms with E-state index in [2.05, 4.69) is 9.71 Å². The van der Waals surface area contributed by atoms with E-state index in [1.54, 1.807) is 6.20 Å². The van der Waals surface area contributed by atoms with Crippen LogP contribution in [-0.2, 0) is 22.3 Å². The first-order valence-electron chi connectivity index (χ1n) is 7.39. The van der Waals surface area contributed by atoms with Gasteiger partial charge in [0.15, 0.2) is 0 Å². The average molecular weight is 326 g/mol. The quantitative estimate of drug-likeness (QED) is 0.783. The Morgan fingerprint density at radius 2 is 1.87 bits per heavy atom. The number of hydrogen-bond acceptors (Lipinski definition) is 3. The molecule has 3 rings (SSSR count). The van der Waals surface area contributed by atoms with E-state index in [-0.39, 0.29) is 12.3 Å². The first kappa shape index (κ1) is 15.6. The predicted octanol–water partition coefficient (Wildman–Crippen LogP) is 3.16. The van der Waals surface area contributed by atoms with Crippen molar-refractivity contribution in [2.75, 3.05) is 0 Å². The molecule has 0 aliphatic heterocycles. The van der Waals surface area contributed by atoms with E-state index in [0.717, 1.165) is 27.6 Å². The van der Waals surface area contributed by atoms with Gasteiger partial charge in [0, 0.05) is 18.1 Å². The van der Waals surface area contributed by atoms with Crippen LogP contribution in [0.4, 0.5) is 0 Å². The van der Waals surface area contributed by atoms with E-state index in [4.69, 9.17) is 0 Å². The van der Waals surface area contributed by atoms with Crippen molar-refractivity contribution in [3.8, 4) is 0 Å². The van der Waals surface area contributed by atoms with Crippen LogP contribution in [0.3, 0.4) is 0 Å². The Labute approximate surface area is 136 Å². The van der Waals surface area contributed by atoms with Crippen LogP contribution >= 0.6 is 0 Å². The van der Waals surface area contributed by atoms with Crippen molar-refractivity contribution in [2.45, 2.75) is 19.2 Å². The van der Waals surface area contributed by atoms with Crippen LogP contribution in [-0.4, -0.2) is 13.4 Å². The van der Waals surface area contributed by atoms with Crippen molar-refractivity contribution in [3.05, 3.63) is 77.5 Å². The average Bonchev–Trinajstić information content (AvgIpc) is 2.52. The van der Waals surface area contributed by atoms with Gasteiger partial charge < -0.3 is 0 Å². The Morgan fingerprint density at radius 3 is 2.70 bits per heavy atom. The van der Waals surface area contributed by atoms with Gasteiger partial charge in [-0.15, -0.1) is 0 Å². The summed E-state index contributed by atoms with van der Waals surface area (Å²) in [6, 6.07) is 17.1. The van der Waals surface area contributed by atoms with E-state index < -0.39 is 10.0 Å². The molecule has 1 heterocycles. The standard InChI is InChI=1S/C18H18N2O2S/c1-14-5-4-6-15(11-14)13-23(21,22)20-12-16-9-10-19-18-8-3-2-7-17(16)18/h2-11,20H,12-13H2,1H3. The lowest BCUT2D eigenvalue weighted by molar-refractivity contribution is 0.580. The van der Waals surface area contributed by atoms with Crippen LogP contribution in [0.1, 0.15) is 16.7 Å².